The topological polar surface area (TPSA) is 58.6 Å². The van der Waals surface area contributed by atoms with Crippen molar-refractivity contribution in [3.05, 3.63) is 51.5 Å². The number of halogens is 2. The summed E-state index contributed by atoms with van der Waals surface area (Å²) in [6.45, 7) is 0.644. The van der Waals surface area contributed by atoms with E-state index in [0.717, 1.165) is 10.9 Å². The lowest BCUT2D eigenvalue weighted by atomic mass is 10.2. The summed E-state index contributed by atoms with van der Waals surface area (Å²) in [7, 11) is 1.55. The number of carbonyl (C=O) groups excluding carboxylic acids is 2. The van der Waals surface area contributed by atoms with E-state index >= 15 is 0 Å². The fraction of sp³-hybridized carbons (Fsp3) is 0.222. The molecule has 0 aliphatic carbocycles. The zero-order chi connectivity index (χ0) is 18.0. The van der Waals surface area contributed by atoms with E-state index in [2.05, 4.69) is 21.2 Å². The van der Waals surface area contributed by atoms with Gasteiger partial charge in [0.25, 0.3) is 5.91 Å². The van der Waals surface area contributed by atoms with Crippen molar-refractivity contribution in [2.45, 2.75) is 12.8 Å². The molecule has 0 aromatic heterocycles. The number of ether oxygens (including phenoxy) is 1. The van der Waals surface area contributed by atoms with Crippen molar-refractivity contribution in [3.63, 3.8) is 0 Å². The van der Waals surface area contributed by atoms with Crippen LogP contribution in [0.15, 0.2) is 40.9 Å². The Balaban J connectivity index is 1.87. The van der Waals surface area contributed by atoms with Gasteiger partial charge in [0.1, 0.15) is 5.75 Å². The number of carbonyl (C=O) groups is 2. The van der Waals surface area contributed by atoms with Crippen LogP contribution in [0, 0.1) is 0 Å². The van der Waals surface area contributed by atoms with Crippen molar-refractivity contribution in [2.24, 2.45) is 0 Å². The maximum atomic E-state index is 12.5. The van der Waals surface area contributed by atoms with Crippen molar-refractivity contribution < 1.29 is 14.3 Å². The van der Waals surface area contributed by atoms with Gasteiger partial charge in [-0.05, 0) is 42.8 Å². The number of methoxy groups -OCH3 is 1. The molecular formula is C18H16BrClN2O3. The minimum atomic E-state index is -0.318. The molecule has 2 aromatic rings. The zero-order valence-electron chi connectivity index (χ0n) is 13.5. The fourth-order valence-corrected chi connectivity index (χ4v) is 3.51. The van der Waals surface area contributed by atoms with Crippen LogP contribution >= 0.6 is 27.5 Å². The number of hydrogen-bond donors (Lipinski definition) is 1. The molecule has 0 unspecified atom stereocenters. The van der Waals surface area contributed by atoms with Gasteiger partial charge in [-0.2, -0.15) is 0 Å². The predicted octanol–water partition coefficient (Wildman–Crippen LogP) is 4.49. The van der Waals surface area contributed by atoms with Gasteiger partial charge in [0.15, 0.2) is 0 Å². The molecule has 5 nitrogen and oxygen atoms in total. The largest absolute Gasteiger partial charge is 0.495 e. The van der Waals surface area contributed by atoms with Gasteiger partial charge >= 0.3 is 0 Å². The molecule has 2 amide bonds. The number of anilines is 2. The molecule has 25 heavy (non-hydrogen) atoms. The Hall–Kier alpha value is -2.05. The van der Waals surface area contributed by atoms with E-state index in [1.54, 1.807) is 48.4 Å². The van der Waals surface area contributed by atoms with Gasteiger partial charge in [0, 0.05) is 23.1 Å². The predicted molar refractivity (Wildman–Crippen MR) is 102 cm³/mol. The van der Waals surface area contributed by atoms with Gasteiger partial charge in [-0.1, -0.05) is 27.5 Å². The summed E-state index contributed by atoms with van der Waals surface area (Å²) in [4.78, 5) is 26.2. The summed E-state index contributed by atoms with van der Waals surface area (Å²) in [5.74, 6) is 0.328. The summed E-state index contributed by atoms with van der Waals surface area (Å²) >= 11 is 9.44. The first-order valence-corrected chi connectivity index (χ1v) is 8.91. The van der Waals surface area contributed by atoms with E-state index in [9.17, 15) is 9.59 Å². The number of nitrogens with one attached hydrogen (secondary N) is 1. The molecule has 1 N–H and O–H groups in total. The molecule has 7 heteroatoms. The minimum Gasteiger partial charge on any atom is -0.495 e. The van der Waals surface area contributed by atoms with Crippen LogP contribution in [0.25, 0.3) is 0 Å². The molecule has 1 fully saturated rings. The van der Waals surface area contributed by atoms with E-state index in [4.69, 9.17) is 16.3 Å². The Morgan fingerprint density at radius 2 is 2.08 bits per heavy atom. The average Bonchev–Trinajstić information content (AvgIpc) is 3.00. The van der Waals surface area contributed by atoms with Crippen LogP contribution in [0.5, 0.6) is 5.75 Å². The number of amides is 2. The third-order valence-electron chi connectivity index (χ3n) is 3.98. The number of benzene rings is 2. The lowest BCUT2D eigenvalue weighted by Crippen LogP contribution is -2.24. The third-order valence-corrected chi connectivity index (χ3v) is 4.78. The number of nitrogens with zero attached hydrogens (tertiary/aromatic N) is 1. The minimum absolute atomic E-state index is 0.0535. The lowest BCUT2D eigenvalue weighted by molar-refractivity contribution is -0.117. The van der Waals surface area contributed by atoms with Gasteiger partial charge in [0.05, 0.1) is 23.4 Å². The summed E-state index contributed by atoms with van der Waals surface area (Å²) in [6.07, 6.45) is 1.33. The molecule has 3 rings (SSSR count). The van der Waals surface area contributed by atoms with E-state index < -0.39 is 0 Å². The van der Waals surface area contributed by atoms with Crippen molar-refractivity contribution in [1.82, 2.24) is 0 Å². The van der Waals surface area contributed by atoms with Crippen LogP contribution in [-0.4, -0.2) is 25.5 Å². The lowest BCUT2D eigenvalue weighted by Gasteiger charge is -2.20. The highest BCUT2D eigenvalue weighted by molar-refractivity contribution is 9.10. The standard InChI is InChI=1S/C18H16BrClN2O3/c1-25-16-7-5-12(10-15(16)22-8-2-3-17(22)23)21-18(24)13-6-4-11(19)9-14(13)20/h4-7,9-10H,2-3,8H2,1H3,(H,21,24). The molecule has 0 saturated carbocycles. The molecule has 0 bridgehead atoms. The Morgan fingerprint density at radius 1 is 1.28 bits per heavy atom. The van der Waals surface area contributed by atoms with Gasteiger partial charge in [-0.3, -0.25) is 9.59 Å². The highest BCUT2D eigenvalue weighted by Crippen LogP contribution is 2.34. The quantitative estimate of drug-likeness (QED) is 0.788. The molecule has 1 aliphatic heterocycles. The highest BCUT2D eigenvalue weighted by atomic mass is 79.9. The summed E-state index contributed by atoms with van der Waals surface area (Å²) in [6, 6.07) is 10.3. The van der Waals surface area contributed by atoms with E-state index in [1.807, 2.05) is 0 Å². The fourth-order valence-electron chi connectivity index (χ4n) is 2.75. The first-order valence-electron chi connectivity index (χ1n) is 7.74. The molecule has 2 aromatic carbocycles. The van der Waals surface area contributed by atoms with Crippen LogP contribution in [0.1, 0.15) is 23.2 Å². The average molecular weight is 424 g/mol. The van der Waals surface area contributed by atoms with E-state index in [-0.39, 0.29) is 11.8 Å². The second-order valence-corrected chi connectivity index (χ2v) is 6.94. The van der Waals surface area contributed by atoms with Crippen molar-refractivity contribution in [1.29, 1.82) is 0 Å². The van der Waals surface area contributed by atoms with E-state index in [1.165, 1.54) is 0 Å². The van der Waals surface area contributed by atoms with Gasteiger partial charge in [-0.15, -0.1) is 0 Å². The first-order chi connectivity index (χ1) is 12.0. The monoisotopic (exact) mass is 422 g/mol. The molecule has 130 valence electrons. The van der Waals surface area contributed by atoms with Gasteiger partial charge < -0.3 is 15.0 Å². The maximum absolute atomic E-state index is 12.5. The second kappa shape index (κ2) is 7.45. The molecule has 1 aliphatic rings. The van der Waals surface area contributed by atoms with Crippen LogP contribution in [0.3, 0.4) is 0 Å². The maximum Gasteiger partial charge on any atom is 0.257 e. The number of hydrogen-bond acceptors (Lipinski definition) is 3. The van der Waals surface area contributed by atoms with Gasteiger partial charge in [0.2, 0.25) is 5.91 Å². The summed E-state index contributed by atoms with van der Waals surface area (Å²) in [5.41, 5.74) is 1.60. The number of rotatable bonds is 4. The van der Waals surface area contributed by atoms with Crippen molar-refractivity contribution in [2.75, 3.05) is 23.9 Å². The highest BCUT2D eigenvalue weighted by Gasteiger charge is 2.25. The third kappa shape index (κ3) is 3.80. The van der Waals surface area contributed by atoms with Crippen molar-refractivity contribution in [3.8, 4) is 5.75 Å². The summed E-state index contributed by atoms with van der Waals surface area (Å²) < 4.78 is 6.15. The second-order valence-electron chi connectivity index (χ2n) is 5.61. The Bertz CT molecular complexity index is 841. The molecule has 0 spiro atoms. The molecule has 1 heterocycles. The van der Waals surface area contributed by atoms with Crippen LogP contribution in [0.4, 0.5) is 11.4 Å². The summed E-state index contributed by atoms with van der Waals surface area (Å²) in [5, 5.41) is 3.17. The smallest absolute Gasteiger partial charge is 0.257 e. The van der Waals surface area contributed by atoms with Crippen molar-refractivity contribution >= 4 is 50.7 Å². The van der Waals surface area contributed by atoms with Crippen LogP contribution in [-0.2, 0) is 4.79 Å². The van der Waals surface area contributed by atoms with E-state index in [0.29, 0.717) is 40.7 Å². The van der Waals surface area contributed by atoms with Crippen LogP contribution in [0.2, 0.25) is 5.02 Å². The zero-order valence-corrected chi connectivity index (χ0v) is 15.9. The molecule has 0 atom stereocenters. The SMILES string of the molecule is COc1ccc(NC(=O)c2ccc(Br)cc2Cl)cc1N1CCCC1=O. The first kappa shape index (κ1) is 17.8. The molecule has 0 radical (unpaired) electrons. The molecule has 1 saturated heterocycles. The Labute approximate surface area is 159 Å². The van der Waals surface area contributed by atoms with Crippen LogP contribution < -0.4 is 15.0 Å². The van der Waals surface area contributed by atoms with Gasteiger partial charge in [-0.25, -0.2) is 0 Å². The normalized spacial score (nSPS) is 13.9. The molecular weight excluding hydrogens is 408 g/mol. The Kier molecular flexibility index (Phi) is 5.30. The Morgan fingerprint density at radius 3 is 2.72 bits per heavy atom.